The van der Waals surface area contributed by atoms with E-state index in [2.05, 4.69) is 48.2 Å². The lowest BCUT2D eigenvalue weighted by Crippen LogP contribution is -2.45. The summed E-state index contributed by atoms with van der Waals surface area (Å²) in [6.07, 6.45) is 6.72. The Kier molecular flexibility index (Phi) is 13.1. The minimum absolute atomic E-state index is 0. The van der Waals surface area contributed by atoms with Crippen molar-refractivity contribution in [1.82, 2.24) is 15.5 Å². The van der Waals surface area contributed by atoms with E-state index in [9.17, 15) is 0 Å². The van der Waals surface area contributed by atoms with Gasteiger partial charge in [0.05, 0.1) is 6.10 Å². The van der Waals surface area contributed by atoms with Crippen LogP contribution in [0.25, 0.3) is 0 Å². The minimum atomic E-state index is 0. The standard InChI is InChI=1S/C19H40N4O.HI/c1-16-11-7-9-13-23(16)14-10-8-12-21-18(20-5)22-15-17(24-6)19(2,3)4;/h16-17H,7-15H2,1-6H3,(H2,20,21,22);1H. The Balaban J connectivity index is 0.00000576. The smallest absolute Gasteiger partial charge is 0.191 e. The van der Waals surface area contributed by atoms with E-state index in [0.29, 0.717) is 0 Å². The number of aliphatic imine (C=N–C) groups is 1. The summed E-state index contributed by atoms with van der Waals surface area (Å²) in [5.74, 6) is 0.868. The van der Waals surface area contributed by atoms with Crippen LogP contribution < -0.4 is 10.6 Å². The van der Waals surface area contributed by atoms with Crippen LogP contribution in [0.3, 0.4) is 0 Å². The number of piperidine rings is 1. The minimum Gasteiger partial charge on any atom is -0.379 e. The van der Waals surface area contributed by atoms with Crippen molar-refractivity contribution in [3.63, 3.8) is 0 Å². The largest absolute Gasteiger partial charge is 0.379 e. The van der Waals surface area contributed by atoms with E-state index in [1.54, 1.807) is 7.11 Å². The van der Waals surface area contributed by atoms with Gasteiger partial charge in [-0.05, 0) is 51.1 Å². The molecule has 0 saturated carbocycles. The van der Waals surface area contributed by atoms with Crippen molar-refractivity contribution in [3.05, 3.63) is 0 Å². The van der Waals surface area contributed by atoms with Crippen LogP contribution in [0.5, 0.6) is 0 Å². The first-order valence-electron chi connectivity index (χ1n) is 9.60. The second-order valence-corrected chi connectivity index (χ2v) is 8.06. The van der Waals surface area contributed by atoms with Crippen molar-refractivity contribution in [2.75, 3.05) is 40.3 Å². The zero-order valence-corrected chi connectivity index (χ0v) is 19.6. The molecule has 2 atom stereocenters. The molecule has 0 spiro atoms. The van der Waals surface area contributed by atoms with Crippen molar-refractivity contribution < 1.29 is 4.74 Å². The molecule has 0 aromatic heterocycles. The van der Waals surface area contributed by atoms with Gasteiger partial charge >= 0.3 is 0 Å². The van der Waals surface area contributed by atoms with Crippen LogP contribution in [-0.4, -0.2) is 63.3 Å². The van der Waals surface area contributed by atoms with Crippen molar-refractivity contribution in [1.29, 1.82) is 0 Å². The predicted molar refractivity (Wildman–Crippen MR) is 119 cm³/mol. The molecule has 0 radical (unpaired) electrons. The zero-order chi connectivity index (χ0) is 18.0. The van der Waals surface area contributed by atoms with Crippen molar-refractivity contribution in [2.24, 2.45) is 10.4 Å². The molecule has 25 heavy (non-hydrogen) atoms. The first kappa shape index (κ1) is 24.9. The van der Waals surface area contributed by atoms with E-state index >= 15 is 0 Å². The second kappa shape index (κ2) is 13.1. The number of halogens is 1. The zero-order valence-electron chi connectivity index (χ0n) is 17.2. The molecule has 1 heterocycles. The first-order valence-corrected chi connectivity index (χ1v) is 9.60. The molecule has 0 aromatic carbocycles. The van der Waals surface area contributed by atoms with Crippen LogP contribution >= 0.6 is 24.0 Å². The second-order valence-electron chi connectivity index (χ2n) is 8.06. The molecule has 2 N–H and O–H groups in total. The quantitative estimate of drug-likeness (QED) is 0.248. The summed E-state index contributed by atoms with van der Waals surface area (Å²) in [6.45, 7) is 13.2. The van der Waals surface area contributed by atoms with Gasteiger partial charge in [0.15, 0.2) is 5.96 Å². The SMILES string of the molecule is CN=C(NCCCCN1CCCCC1C)NCC(OC)C(C)(C)C.I. The fourth-order valence-corrected chi connectivity index (χ4v) is 3.29. The highest BCUT2D eigenvalue weighted by molar-refractivity contribution is 14.0. The number of rotatable bonds is 8. The molecule has 5 nitrogen and oxygen atoms in total. The molecule has 1 rings (SSSR count). The normalized spacial score (nSPS) is 20.7. The molecule has 6 heteroatoms. The lowest BCUT2D eigenvalue weighted by molar-refractivity contribution is 0.0205. The number of hydrogen-bond acceptors (Lipinski definition) is 3. The van der Waals surface area contributed by atoms with Gasteiger partial charge in [-0.2, -0.15) is 0 Å². The number of methoxy groups -OCH3 is 1. The molecule has 1 saturated heterocycles. The fraction of sp³-hybridized carbons (Fsp3) is 0.947. The lowest BCUT2D eigenvalue weighted by Gasteiger charge is -2.33. The summed E-state index contributed by atoms with van der Waals surface area (Å²) in [5.41, 5.74) is 0.117. The van der Waals surface area contributed by atoms with Gasteiger partial charge in [-0.15, -0.1) is 24.0 Å². The molecule has 1 aliphatic heterocycles. The number of ether oxygens (including phenoxy) is 1. The van der Waals surface area contributed by atoms with Crippen LogP contribution in [0, 0.1) is 5.41 Å². The van der Waals surface area contributed by atoms with Crippen LogP contribution in [0.4, 0.5) is 0 Å². The first-order chi connectivity index (χ1) is 11.4. The van der Waals surface area contributed by atoms with Gasteiger partial charge in [-0.1, -0.05) is 27.2 Å². The summed E-state index contributed by atoms with van der Waals surface area (Å²) >= 11 is 0. The number of guanidine groups is 1. The van der Waals surface area contributed by atoms with Crippen LogP contribution in [0.15, 0.2) is 4.99 Å². The van der Waals surface area contributed by atoms with Crippen LogP contribution in [0.1, 0.15) is 59.8 Å². The molecule has 0 aromatic rings. The maximum absolute atomic E-state index is 5.58. The maximum atomic E-state index is 5.58. The number of nitrogens with zero attached hydrogens (tertiary/aromatic N) is 2. The van der Waals surface area contributed by atoms with Crippen molar-refractivity contribution in [2.45, 2.75) is 71.9 Å². The topological polar surface area (TPSA) is 48.9 Å². The predicted octanol–water partition coefficient (Wildman–Crippen LogP) is 3.49. The van der Waals surface area contributed by atoms with E-state index < -0.39 is 0 Å². The third kappa shape index (κ3) is 9.99. The van der Waals surface area contributed by atoms with E-state index in [1.165, 1.54) is 45.2 Å². The molecule has 1 fully saturated rings. The molecule has 0 aliphatic carbocycles. The fourth-order valence-electron chi connectivity index (χ4n) is 3.29. The Hall–Kier alpha value is -0.0800. The monoisotopic (exact) mass is 468 g/mol. The summed E-state index contributed by atoms with van der Waals surface area (Å²) in [4.78, 5) is 6.95. The molecular formula is C19H41IN4O. The third-order valence-electron chi connectivity index (χ3n) is 5.03. The van der Waals surface area contributed by atoms with E-state index in [4.69, 9.17) is 4.74 Å². The van der Waals surface area contributed by atoms with Gasteiger partial charge in [-0.3, -0.25) is 4.99 Å². The van der Waals surface area contributed by atoms with E-state index in [-0.39, 0.29) is 35.5 Å². The van der Waals surface area contributed by atoms with E-state index in [1.807, 2.05) is 7.05 Å². The molecule has 1 aliphatic rings. The maximum Gasteiger partial charge on any atom is 0.191 e. The van der Waals surface area contributed by atoms with Crippen molar-refractivity contribution >= 4 is 29.9 Å². The molecule has 2 unspecified atom stereocenters. The summed E-state index contributed by atoms with van der Waals surface area (Å²) < 4.78 is 5.58. The summed E-state index contributed by atoms with van der Waals surface area (Å²) in [6, 6.07) is 0.768. The molecule has 0 amide bonds. The highest BCUT2D eigenvalue weighted by Crippen LogP contribution is 2.20. The summed E-state index contributed by atoms with van der Waals surface area (Å²) in [5, 5.41) is 6.79. The number of likely N-dealkylation sites (tertiary alicyclic amines) is 1. The third-order valence-corrected chi connectivity index (χ3v) is 5.03. The van der Waals surface area contributed by atoms with E-state index in [0.717, 1.165) is 25.1 Å². The van der Waals surface area contributed by atoms with Gasteiger partial charge in [0.2, 0.25) is 0 Å². The van der Waals surface area contributed by atoms with Gasteiger partial charge in [0.25, 0.3) is 0 Å². The molecular weight excluding hydrogens is 427 g/mol. The van der Waals surface area contributed by atoms with Gasteiger partial charge in [0.1, 0.15) is 0 Å². The van der Waals surface area contributed by atoms with Gasteiger partial charge in [-0.25, -0.2) is 0 Å². The highest BCUT2D eigenvalue weighted by Gasteiger charge is 2.24. The summed E-state index contributed by atoms with van der Waals surface area (Å²) in [7, 11) is 3.60. The van der Waals surface area contributed by atoms with Gasteiger partial charge < -0.3 is 20.3 Å². The van der Waals surface area contributed by atoms with Crippen molar-refractivity contribution in [3.8, 4) is 0 Å². The Morgan fingerprint density at radius 2 is 1.96 bits per heavy atom. The average Bonchev–Trinajstić information content (AvgIpc) is 2.53. The number of hydrogen-bond donors (Lipinski definition) is 2. The highest BCUT2D eigenvalue weighted by atomic mass is 127. The number of unbranched alkanes of at least 4 members (excludes halogenated alkanes) is 1. The van der Waals surface area contributed by atoms with Crippen LogP contribution in [0.2, 0.25) is 0 Å². The Morgan fingerprint density at radius 3 is 2.52 bits per heavy atom. The lowest BCUT2D eigenvalue weighted by atomic mass is 9.89. The average molecular weight is 468 g/mol. The number of nitrogens with one attached hydrogen (secondary N) is 2. The molecule has 150 valence electrons. The van der Waals surface area contributed by atoms with Crippen LogP contribution in [-0.2, 0) is 4.74 Å². The Morgan fingerprint density at radius 1 is 1.24 bits per heavy atom. The molecule has 0 bridgehead atoms. The van der Waals surface area contributed by atoms with Gasteiger partial charge in [0, 0.05) is 33.3 Å². The Bertz CT molecular complexity index is 371. The Labute approximate surface area is 172 Å².